The molecule has 0 amide bonds. The van der Waals surface area contributed by atoms with Crippen LogP contribution >= 0.6 is 0 Å². The van der Waals surface area contributed by atoms with Crippen molar-refractivity contribution in [3.05, 3.63) is 90.7 Å². The van der Waals surface area contributed by atoms with Gasteiger partial charge < -0.3 is 8.98 Å². The van der Waals surface area contributed by atoms with Crippen molar-refractivity contribution in [2.45, 2.75) is 6.54 Å². The Labute approximate surface area is 149 Å². The number of furan rings is 1. The Balaban J connectivity index is 1.68. The summed E-state index contributed by atoms with van der Waals surface area (Å²) in [5.41, 5.74) is 4.44. The van der Waals surface area contributed by atoms with Gasteiger partial charge in [0.25, 0.3) is 0 Å². The maximum atomic E-state index is 14.1. The molecule has 26 heavy (non-hydrogen) atoms. The monoisotopic (exact) mass is 342 g/mol. The molecular weight excluding hydrogens is 327 g/mol. The Kier molecular flexibility index (Phi) is 3.35. The van der Waals surface area contributed by atoms with E-state index in [0.717, 1.165) is 33.1 Å². The number of fused-ring (bicyclic) bond motifs is 2. The van der Waals surface area contributed by atoms with Gasteiger partial charge in [0.15, 0.2) is 0 Å². The van der Waals surface area contributed by atoms with Gasteiger partial charge in [-0.15, -0.1) is 0 Å². The second-order valence-electron chi connectivity index (χ2n) is 6.31. The molecule has 0 spiro atoms. The van der Waals surface area contributed by atoms with Crippen LogP contribution in [0.15, 0.2) is 83.7 Å². The lowest BCUT2D eigenvalue weighted by Gasteiger charge is -2.05. The van der Waals surface area contributed by atoms with Crippen LogP contribution < -0.4 is 0 Å². The minimum absolute atomic E-state index is 0.205. The fourth-order valence-corrected chi connectivity index (χ4v) is 3.41. The summed E-state index contributed by atoms with van der Waals surface area (Å²) in [5.74, 6) is -0.205. The van der Waals surface area contributed by atoms with Crippen LogP contribution in [-0.4, -0.2) is 9.55 Å². The second-order valence-corrected chi connectivity index (χ2v) is 6.31. The molecule has 2 aromatic carbocycles. The van der Waals surface area contributed by atoms with Gasteiger partial charge in [-0.2, -0.15) is 0 Å². The predicted molar refractivity (Wildman–Crippen MR) is 100 cm³/mol. The average Bonchev–Trinajstić information content (AvgIpc) is 3.28. The van der Waals surface area contributed by atoms with Gasteiger partial charge in [0.1, 0.15) is 17.0 Å². The number of halogens is 1. The first-order valence-electron chi connectivity index (χ1n) is 8.44. The van der Waals surface area contributed by atoms with Crippen molar-refractivity contribution >= 4 is 22.0 Å². The summed E-state index contributed by atoms with van der Waals surface area (Å²) < 4.78 is 21.6. The minimum Gasteiger partial charge on any atom is -0.464 e. The van der Waals surface area contributed by atoms with Gasteiger partial charge in [0.2, 0.25) is 0 Å². The molecule has 0 bridgehead atoms. The number of hydrogen-bond acceptors (Lipinski definition) is 2. The highest BCUT2D eigenvalue weighted by Gasteiger charge is 2.13. The molecule has 5 aromatic rings. The summed E-state index contributed by atoms with van der Waals surface area (Å²) in [5, 5.41) is 2.11. The largest absolute Gasteiger partial charge is 0.464 e. The zero-order valence-corrected chi connectivity index (χ0v) is 13.9. The summed E-state index contributed by atoms with van der Waals surface area (Å²) in [7, 11) is 0. The van der Waals surface area contributed by atoms with Gasteiger partial charge in [-0.25, -0.2) is 9.37 Å². The molecule has 0 atom stereocenters. The zero-order valence-electron chi connectivity index (χ0n) is 13.9. The lowest BCUT2D eigenvalue weighted by molar-refractivity contribution is 0.601. The Morgan fingerprint density at radius 2 is 1.92 bits per heavy atom. The SMILES string of the molecule is Fc1ccccc1Cn1cc(-c2ccc3ccoc3c2)c2cccnc21. The summed E-state index contributed by atoms with van der Waals surface area (Å²) >= 11 is 0. The normalized spacial score (nSPS) is 11.4. The van der Waals surface area contributed by atoms with Gasteiger partial charge in [-0.05, 0) is 35.9 Å². The van der Waals surface area contributed by atoms with Crippen molar-refractivity contribution in [1.29, 1.82) is 0 Å². The maximum absolute atomic E-state index is 14.1. The standard InChI is InChI=1S/C22H15FN2O/c23-20-6-2-1-4-17(20)13-25-14-19(18-5-3-10-24-22(18)25)16-8-7-15-9-11-26-21(15)12-16/h1-12,14H,13H2. The molecule has 126 valence electrons. The van der Waals surface area contributed by atoms with E-state index in [1.165, 1.54) is 6.07 Å². The number of aromatic nitrogens is 2. The summed E-state index contributed by atoms with van der Waals surface area (Å²) in [6.07, 6.45) is 5.49. The number of nitrogens with zero attached hydrogens (tertiary/aromatic N) is 2. The van der Waals surface area contributed by atoms with E-state index in [2.05, 4.69) is 11.1 Å². The topological polar surface area (TPSA) is 31.0 Å². The van der Waals surface area contributed by atoms with Gasteiger partial charge >= 0.3 is 0 Å². The lowest BCUT2D eigenvalue weighted by Crippen LogP contribution is -2.01. The van der Waals surface area contributed by atoms with E-state index < -0.39 is 0 Å². The van der Waals surface area contributed by atoms with Gasteiger partial charge in [-0.3, -0.25) is 0 Å². The van der Waals surface area contributed by atoms with E-state index in [-0.39, 0.29) is 5.82 Å². The molecule has 0 aliphatic carbocycles. The highest BCUT2D eigenvalue weighted by molar-refractivity contribution is 5.96. The Morgan fingerprint density at radius 1 is 1.00 bits per heavy atom. The summed E-state index contributed by atoms with van der Waals surface area (Å²) in [6, 6.07) is 18.9. The number of rotatable bonds is 3. The average molecular weight is 342 g/mol. The molecule has 4 heteroatoms. The van der Waals surface area contributed by atoms with Crippen molar-refractivity contribution in [3.63, 3.8) is 0 Å². The van der Waals surface area contributed by atoms with Crippen molar-refractivity contribution in [2.24, 2.45) is 0 Å². The highest BCUT2D eigenvalue weighted by atomic mass is 19.1. The third kappa shape index (κ3) is 2.39. The van der Waals surface area contributed by atoms with Crippen LogP contribution in [0.25, 0.3) is 33.1 Å². The Bertz CT molecular complexity index is 1240. The summed E-state index contributed by atoms with van der Waals surface area (Å²) in [4.78, 5) is 4.52. The van der Waals surface area contributed by atoms with Crippen molar-refractivity contribution < 1.29 is 8.81 Å². The molecule has 0 saturated carbocycles. The molecule has 0 unspecified atom stereocenters. The first-order valence-corrected chi connectivity index (χ1v) is 8.44. The van der Waals surface area contributed by atoms with Gasteiger partial charge in [-0.1, -0.05) is 30.3 Å². The number of benzene rings is 2. The quantitative estimate of drug-likeness (QED) is 0.425. The molecule has 0 saturated heterocycles. The van der Waals surface area contributed by atoms with Crippen LogP contribution in [0.3, 0.4) is 0 Å². The first kappa shape index (κ1) is 14.9. The molecule has 0 aliphatic heterocycles. The minimum atomic E-state index is -0.205. The predicted octanol–water partition coefficient (Wildman–Crippen LogP) is 5.64. The number of hydrogen-bond donors (Lipinski definition) is 0. The fraction of sp³-hybridized carbons (Fsp3) is 0.0455. The van der Waals surface area contributed by atoms with Gasteiger partial charge in [0.05, 0.1) is 12.8 Å². The molecule has 3 nitrogen and oxygen atoms in total. The molecular formula is C22H15FN2O. The molecule has 0 aliphatic rings. The molecule has 3 aromatic heterocycles. The van der Waals surface area contributed by atoms with Crippen LogP contribution in [-0.2, 0) is 6.54 Å². The van der Waals surface area contributed by atoms with Crippen molar-refractivity contribution in [1.82, 2.24) is 9.55 Å². The third-order valence-corrected chi connectivity index (χ3v) is 4.70. The number of pyridine rings is 1. The molecule has 5 rings (SSSR count). The van der Waals surface area contributed by atoms with Crippen LogP contribution in [0.2, 0.25) is 0 Å². The molecule has 3 heterocycles. The van der Waals surface area contributed by atoms with Crippen LogP contribution in [0.4, 0.5) is 4.39 Å². The first-order chi connectivity index (χ1) is 12.8. The maximum Gasteiger partial charge on any atom is 0.140 e. The van der Waals surface area contributed by atoms with Crippen LogP contribution in [0, 0.1) is 5.82 Å². The lowest BCUT2D eigenvalue weighted by atomic mass is 10.0. The van der Waals surface area contributed by atoms with Gasteiger partial charge in [0, 0.05) is 34.3 Å². The third-order valence-electron chi connectivity index (χ3n) is 4.70. The Hall–Kier alpha value is -3.40. The fourth-order valence-electron chi connectivity index (χ4n) is 3.41. The Morgan fingerprint density at radius 3 is 2.85 bits per heavy atom. The molecule has 0 fully saturated rings. The van der Waals surface area contributed by atoms with Crippen LogP contribution in [0.1, 0.15) is 5.56 Å². The van der Waals surface area contributed by atoms with E-state index in [9.17, 15) is 4.39 Å². The highest BCUT2D eigenvalue weighted by Crippen LogP contribution is 2.32. The molecule has 0 radical (unpaired) electrons. The van der Waals surface area contributed by atoms with E-state index in [1.54, 1.807) is 24.6 Å². The van der Waals surface area contributed by atoms with Crippen molar-refractivity contribution in [2.75, 3.05) is 0 Å². The van der Waals surface area contributed by atoms with Crippen molar-refractivity contribution in [3.8, 4) is 11.1 Å². The van der Waals surface area contributed by atoms with E-state index in [0.29, 0.717) is 12.1 Å². The smallest absolute Gasteiger partial charge is 0.140 e. The summed E-state index contributed by atoms with van der Waals surface area (Å²) in [6.45, 7) is 0.434. The second kappa shape index (κ2) is 5.85. The van der Waals surface area contributed by atoms with E-state index in [1.807, 2.05) is 47.2 Å². The van der Waals surface area contributed by atoms with E-state index in [4.69, 9.17) is 4.42 Å². The van der Waals surface area contributed by atoms with E-state index >= 15 is 0 Å². The van der Waals surface area contributed by atoms with Crippen LogP contribution in [0.5, 0.6) is 0 Å². The molecule has 0 N–H and O–H groups in total. The zero-order chi connectivity index (χ0) is 17.5.